The van der Waals surface area contributed by atoms with E-state index in [1.165, 1.54) is 0 Å². The number of nitrogens with one attached hydrogen (secondary N) is 1. The van der Waals surface area contributed by atoms with Crippen LogP contribution in [0.5, 0.6) is 0 Å². The Labute approximate surface area is 93.0 Å². The lowest BCUT2D eigenvalue weighted by molar-refractivity contribution is 0.0696. The number of ether oxygens (including phenoxy) is 2. The van der Waals surface area contributed by atoms with Crippen molar-refractivity contribution in [3.8, 4) is 0 Å². The Hall–Kier alpha value is -0.160. The molecule has 0 bridgehead atoms. The molecule has 0 fully saturated rings. The first kappa shape index (κ1) is 14.8. The van der Waals surface area contributed by atoms with Crippen molar-refractivity contribution in [3.63, 3.8) is 0 Å². The highest BCUT2D eigenvalue weighted by atomic mass is 16.5. The van der Waals surface area contributed by atoms with Crippen molar-refractivity contribution in [3.05, 3.63) is 0 Å². The molecule has 92 valence electrons. The molecule has 0 amide bonds. The Bertz CT molecular complexity index is 131. The van der Waals surface area contributed by atoms with Crippen LogP contribution in [0.2, 0.25) is 0 Å². The molecular weight excluding hydrogens is 194 g/mol. The summed E-state index contributed by atoms with van der Waals surface area (Å²) in [5.74, 6) is 0.601. The number of methoxy groups -OCH3 is 1. The molecular formula is C11H25NO3. The lowest BCUT2D eigenvalue weighted by Crippen LogP contribution is -2.36. The second-order valence-electron chi connectivity index (χ2n) is 4.07. The molecule has 1 unspecified atom stereocenters. The Kier molecular flexibility index (Phi) is 10.3. The second-order valence-corrected chi connectivity index (χ2v) is 4.07. The predicted molar refractivity (Wildman–Crippen MR) is 61.0 cm³/mol. The molecule has 0 aromatic rings. The van der Waals surface area contributed by atoms with E-state index in [4.69, 9.17) is 14.6 Å². The zero-order chi connectivity index (χ0) is 11.5. The summed E-state index contributed by atoms with van der Waals surface area (Å²) in [7, 11) is 1.66. The molecule has 0 aromatic heterocycles. The van der Waals surface area contributed by atoms with Gasteiger partial charge in [0, 0.05) is 19.7 Å². The van der Waals surface area contributed by atoms with Crippen molar-refractivity contribution in [2.75, 3.05) is 40.1 Å². The molecule has 0 aliphatic carbocycles. The van der Waals surface area contributed by atoms with Crippen LogP contribution in [-0.2, 0) is 9.47 Å². The van der Waals surface area contributed by atoms with Crippen molar-refractivity contribution < 1.29 is 14.6 Å². The van der Waals surface area contributed by atoms with Gasteiger partial charge in [-0.1, -0.05) is 13.8 Å². The van der Waals surface area contributed by atoms with Crippen LogP contribution in [0.3, 0.4) is 0 Å². The Balaban J connectivity index is 3.30. The molecule has 0 aliphatic rings. The van der Waals surface area contributed by atoms with Gasteiger partial charge < -0.3 is 19.9 Å². The first-order valence-corrected chi connectivity index (χ1v) is 5.61. The van der Waals surface area contributed by atoms with Gasteiger partial charge in [0.05, 0.1) is 26.4 Å². The van der Waals surface area contributed by atoms with Gasteiger partial charge in [0.2, 0.25) is 0 Å². The van der Waals surface area contributed by atoms with Crippen molar-refractivity contribution >= 4 is 0 Å². The molecule has 4 heteroatoms. The summed E-state index contributed by atoms with van der Waals surface area (Å²) in [5.41, 5.74) is 0. The molecule has 4 nitrogen and oxygen atoms in total. The fourth-order valence-electron chi connectivity index (χ4n) is 1.37. The molecule has 0 spiro atoms. The van der Waals surface area contributed by atoms with E-state index in [0.717, 1.165) is 13.0 Å². The summed E-state index contributed by atoms with van der Waals surface area (Å²) in [6, 6.07) is 0.191. The van der Waals surface area contributed by atoms with Crippen molar-refractivity contribution in [1.29, 1.82) is 0 Å². The lowest BCUT2D eigenvalue weighted by Gasteiger charge is -2.18. The highest BCUT2D eigenvalue weighted by molar-refractivity contribution is 4.66. The number of hydrogen-bond donors (Lipinski definition) is 2. The van der Waals surface area contributed by atoms with Gasteiger partial charge in [0.15, 0.2) is 0 Å². The van der Waals surface area contributed by atoms with Gasteiger partial charge >= 0.3 is 0 Å². The normalized spacial score (nSPS) is 13.4. The average Bonchev–Trinajstić information content (AvgIpc) is 2.20. The third-order valence-corrected chi connectivity index (χ3v) is 2.09. The van der Waals surface area contributed by atoms with Crippen LogP contribution in [-0.4, -0.2) is 51.2 Å². The van der Waals surface area contributed by atoms with Crippen molar-refractivity contribution in [2.45, 2.75) is 26.3 Å². The standard InChI is InChI=1S/C11H25NO3/c1-10(2)8-11(9-13)12-4-5-15-7-6-14-3/h10-13H,4-9H2,1-3H3. The molecule has 1 atom stereocenters. The van der Waals surface area contributed by atoms with Gasteiger partial charge in [-0.3, -0.25) is 0 Å². The minimum Gasteiger partial charge on any atom is -0.395 e. The molecule has 0 saturated carbocycles. The van der Waals surface area contributed by atoms with E-state index in [2.05, 4.69) is 19.2 Å². The molecule has 0 saturated heterocycles. The third-order valence-electron chi connectivity index (χ3n) is 2.09. The number of rotatable bonds is 10. The summed E-state index contributed by atoms with van der Waals surface area (Å²) in [4.78, 5) is 0. The quantitative estimate of drug-likeness (QED) is 0.530. The van der Waals surface area contributed by atoms with Gasteiger partial charge in [0.1, 0.15) is 0 Å². The molecule has 15 heavy (non-hydrogen) atoms. The summed E-state index contributed by atoms with van der Waals surface area (Å²) in [6.45, 7) is 7.20. The Morgan fingerprint density at radius 3 is 2.47 bits per heavy atom. The van der Waals surface area contributed by atoms with Gasteiger partial charge in [-0.15, -0.1) is 0 Å². The Morgan fingerprint density at radius 2 is 1.93 bits per heavy atom. The molecule has 0 rings (SSSR count). The van der Waals surface area contributed by atoms with E-state index >= 15 is 0 Å². The van der Waals surface area contributed by atoms with Crippen LogP contribution in [0, 0.1) is 5.92 Å². The van der Waals surface area contributed by atoms with Crippen molar-refractivity contribution in [1.82, 2.24) is 5.32 Å². The first-order valence-electron chi connectivity index (χ1n) is 5.61. The zero-order valence-electron chi connectivity index (χ0n) is 10.2. The molecule has 0 heterocycles. The van der Waals surface area contributed by atoms with Crippen LogP contribution in [0.15, 0.2) is 0 Å². The smallest absolute Gasteiger partial charge is 0.0700 e. The van der Waals surface area contributed by atoms with E-state index in [0.29, 0.717) is 25.7 Å². The largest absolute Gasteiger partial charge is 0.395 e. The Morgan fingerprint density at radius 1 is 1.20 bits per heavy atom. The average molecular weight is 219 g/mol. The summed E-state index contributed by atoms with van der Waals surface area (Å²) < 4.78 is 10.2. The first-order chi connectivity index (χ1) is 7.20. The summed E-state index contributed by atoms with van der Waals surface area (Å²) in [5, 5.41) is 12.4. The van der Waals surface area contributed by atoms with Crippen LogP contribution in [0.25, 0.3) is 0 Å². The lowest BCUT2D eigenvalue weighted by atomic mass is 10.0. The maximum absolute atomic E-state index is 9.09. The van der Waals surface area contributed by atoms with E-state index in [-0.39, 0.29) is 12.6 Å². The van der Waals surface area contributed by atoms with E-state index in [1.54, 1.807) is 7.11 Å². The highest BCUT2D eigenvalue weighted by Gasteiger charge is 2.07. The van der Waals surface area contributed by atoms with Crippen LogP contribution in [0.1, 0.15) is 20.3 Å². The molecule has 2 N–H and O–H groups in total. The maximum Gasteiger partial charge on any atom is 0.0700 e. The number of aliphatic hydroxyl groups is 1. The predicted octanol–water partition coefficient (Wildman–Crippen LogP) is 0.646. The number of aliphatic hydroxyl groups excluding tert-OH is 1. The molecule has 0 aliphatic heterocycles. The van der Waals surface area contributed by atoms with Crippen LogP contribution < -0.4 is 5.32 Å². The summed E-state index contributed by atoms with van der Waals surface area (Å²) >= 11 is 0. The fourth-order valence-corrected chi connectivity index (χ4v) is 1.37. The minimum atomic E-state index is 0.191. The highest BCUT2D eigenvalue weighted by Crippen LogP contribution is 2.03. The number of hydrogen-bond acceptors (Lipinski definition) is 4. The maximum atomic E-state index is 9.09. The van der Waals surface area contributed by atoms with Crippen LogP contribution in [0.4, 0.5) is 0 Å². The minimum absolute atomic E-state index is 0.191. The SMILES string of the molecule is COCCOCCNC(CO)CC(C)C. The van der Waals surface area contributed by atoms with Gasteiger partial charge in [-0.25, -0.2) is 0 Å². The van der Waals surface area contributed by atoms with Crippen LogP contribution >= 0.6 is 0 Å². The fraction of sp³-hybridized carbons (Fsp3) is 1.00. The van der Waals surface area contributed by atoms with Gasteiger partial charge in [-0.05, 0) is 12.3 Å². The van der Waals surface area contributed by atoms with E-state index in [9.17, 15) is 0 Å². The zero-order valence-corrected chi connectivity index (χ0v) is 10.2. The molecule has 0 radical (unpaired) electrons. The monoisotopic (exact) mass is 219 g/mol. The second kappa shape index (κ2) is 10.4. The van der Waals surface area contributed by atoms with Gasteiger partial charge in [0.25, 0.3) is 0 Å². The van der Waals surface area contributed by atoms with E-state index in [1.807, 2.05) is 0 Å². The van der Waals surface area contributed by atoms with Gasteiger partial charge in [-0.2, -0.15) is 0 Å². The van der Waals surface area contributed by atoms with E-state index < -0.39 is 0 Å². The molecule has 0 aromatic carbocycles. The summed E-state index contributed by atoms with van der Waals surface area (Å²) in [6.07, 6.45) is 0.995. The van der Waals surface area contributed by atoms with Crippen molar-refractivity contribution in [2.24, 2.45) is 5.92 Å². The topological polar surface area (TPSA) is 50.7 Å². The third kappa shape index (κ3) is 10.1.